The molecular weight excluding hydrogens is 388 g/mol. The molecule has 1 amide bonds. The summed E-state index contributed by atoms with van der Waals surface area (Å²) in [7, 11) is -3.66. The summed E-state index contributed by atoms with van der Waals surface area (Å²) in [6.45, 7) is 9.55. The molecule has 1 atom stereocenters. The van der Waals surface area contributed by atoms with Crippen molar-refractivity contribution >= 4 is 27.3 Å². The zero-order chi connectivity index (χ0) is 21.8. The van der Waals surface area contributed by atoms with Crippen LogP contribution >= 0.6 is 0 Å². The van der Waals surface area contributed by atoms with Crippen molar-refractivity contribution in [3.8, 4) is 5.75 Å². The highest BCUT2D eigenvalue weighted by molar-refractivity contribution is 7.92. The minimum Gasteiger partial charge on any atom is -0.491 e. The molecule has 0 aliphatic rings. The first kappa shape index (κ1) is 22.7. The molecule has 0 bridgehead atoms. The lowest BCUT2D eigenvalue weighted by molar-refractivity contribution is -0.117. The van der Waals surface area contributed by atoms with Crippen LogP contribution in [-0.4, -0.2) is 32.7 Å². The number of amides is 1. The molecule has 2 rings (SSSR count). The Balaban J connectivity index is 2.29. The van der Waals surface area contributed by atoms with Crippen LogP contribution in [0.15, 0.2) is 42.5 Å². The van der Waals surface area contributed by atoms with Crippen molar-refractivity contribution in [3.05, 3.63) is 53.6 Å². The number of carbonyl (C=O) groups is 1. The molecule has 2 aromatic carbocycles. The van der Waals surface area contributed by atoms with E-state index in [0.717, 1.165) is 17.4 Å². The maximum absolute atomic E-state index is 13.0. The molecule has 7 heteroatoms. The van der Waals surface area contributed by atoms with E-state index in [9.17, 15) is 13.2 Å². The van der Waals surface area contributed by atoms with Gasteiger partial charge in [0.1, 0.15) is 11.8 Å². The summed E-state index contributed by atoms with van der Waals surface area (Å²) in [4.78, 5) is 13.0. The van der Waals surface area contributed by atoms with Gasteiger partial charge in [0.2, 0.25) is 15.9 Å². The summed E-state index contributed by atoms with van der Waals surface area (Å²) in [5.74, 6) is 0.326. The van der Waals surface area contributed by atoms with Crippen LogP contribution in [0.1, 0.15) is 38.3 Å². The maximum Gasteiger partial charge on any atom is 0.248 e. The minimum atomic E-state index is -3.66. The van der Waals surface area contributed by atoms with Crippen LogP contribution in [0.25, 0.3) is 0 Å². The summed E-state index contributed by atoms with van der Waals surface area (Å²) in [6.07, 6.45) is 1.51. The zero-order valence-electron chi connectivity index (χ0n) is 17.9. The molecule has 1 unspecified atom stereocenters. The van der Waals surface area contributed by atoms with Crippen molar-refractivity contribution in [1.82, 2.24) is 0 Å². The highest BCUT2D eigenvalue weighted by Crippen LogP contribution is 2.26. The Morgan fingerprint density at radius 3 is 2.17 bits per heavy atom. The zero-order valence-corrected chi connectivity index (χ0v) is 18.7. The largest absolute Gasteiger partial charge is 0.491 e. The molecule has 2 aromatic rings. The highest BCUT2D eigenvalue weighted by Gasteiger charge is 2.31. The van der Waals surface area contributed by atoms with Crippen molar-refractivity contribution in [3.63, 3.8) is 0 Å². The fraction of sp³-hybridized carbons (Fsp3) is 0.409. The molecule has 0 aliphatic heterocycles. The van der Waals surface area contributed by atoms with Crippen LogP contribution in [-0.2, 0) is 14.8 Å². The predicted molar refractivity (Wildman–Crippen MR) is 118 cm³/mol. The van der Waals surface area contributed by atoms with Crippen molar-refractivity contribution in [1.29, 1.82) is 0 Å². The van der Waals surface area contributed by atoms with E-state index in [1.165, 1.54) is 4.31 Å². The number of carbonyl (C=O) groups excluding carboxylic acids is 1. The number of benzene rings is 2. The third-order valence-corrected chi connectivity index (χ3v) is 5.75. The second-order valence-corrected chi connectivity index (χ2v) is 9.29. The molecule has 0 heterocycles. The van der Waals surface area contributed by atoms with Gasteiger partial charge in [0, 0.05) is 5.69 Å². The summed E-state index contributed by atoms with van der Waals surface area (Å²) >= 11 is 0. The van der Waals surface area contributed by atoms with E-state index in [-0.39, 0.29) is 12.0 Å². The Bertz CT molecular complexity index is 953. The monoisotopic (exact) mass is 418 g/mol. The van der Waals surface area contributed by atoms with Gasteiger partial charge in [-0.1, -0.05) is 13.0 Å². The number of rotatable bonds is 8. The molecule has 0 aromatic heterocycles. The summed E-state index contributed by atoms with van der Waals surface area (Å²) in [5, 5.41) is 2.82. The molecule has 0 fully saturated rings. The summed E-state index contributed by atoms with van der Waals surface area (Å²) < 4.78 is 31.9. The average Bonchev–Trinajstić information content (AvgIpc) is 2.62. The smallest absolute Gasteiger partial charge is 0.248 e. The Hall–Kier alpha value is -2.54. The number of sulfonamides is 1. The second kappa shape index (κ2) is 9.31. The van der Waals surface area contributed by atoms with E-state index in [2.05, 4.69) is 5.32 Å². The Morgan fingerprint density at radius 2 is 1.69 bits per heavy atom. The lowest BCUT2D eigenvalue weighted by atomic mass is 10.1. The lowest BCUT2D eigenvalue weighted by Crippen LogP contribution is -2.47. The molecular formula is C22H30N2O4S. The molecule has 1 N–H and O–H groups in total. The third-order valence-electron chi connectivity index (χ3n) is 4.57. The van der Waals surface area contributed by atoms with Gasteiger partial charge in [-0.05, 0) is 81.6 Å². The first-order valence-corrected chi connectivity index (χ1v) is 11.5. The van der Waals surface area contributed by atoms with E-state index in [1.54, 1.807) is 43.3 Å². The van der Waals surface area contributed by atoms with Gasteiger partial charge in [-0.15, -0.1) is 0 Å². The molecule has 29 heavy (non-hydrogen) atoms. The van der Waals surface area contributed by atoms with Gasteiger partial charge in [-0.25, -0.2) is 8.42 Å². The van der Waals surface area contributed by atoms with Crippen LogP contribution in [0.3, 0.4) is 0 Å². The second-order valence-electron chi connectivity index (χ2n) is 7.43. The quantitative estimate of drug-likeness (QED) is 0.694. The van der Waals surface area contributed by atoms with Crippen LogP contribution < -0.4 is 14.4 Å². The van der Waals surface area contributed by atoms with Gasteiger partial charge in [0.25, 0.3) is 0 Å². The Morgan fingerprint density at radius 1 is 1.07 bits per heavy atom. The number of anilines is 2. The van der Waals surface area contributed by atoms with Crippen molar-refractivity contribution in [2.75, 3.05) is 15.9 Å². The number of nitrogens with zero attached hydrogens (tertiary/aromatic N) is 1. The maximum atomic E-state index is 13.0. The van der Waals surface area contributed by atoms with Crippen molar-refractivity contribution in [2.45, 2.75) is 53.2 Å². The Kier molecular flexibility index (Phi) is 7.30. The van der Waals surface area contributed by atoms with Gasteiger partial charge in [-0.3, -0.25) is 9.10 Å². The number of aryl methyl sites for hydroxylation is 2. The Labute approximate surface area is 173 Å². The average molecular weight is 419 g/mol. The standard InChI is InChI=1S/C22H30N2O4S/c1-7-21(22(25)23-18-9-12-20(13-10-18)28-15(2)3)24(29(6,26)27)19-11-8-16(4)17(5)14-19/h8-15,21H,7H2,1-6H3,(H,23,25). The number of hydrogen-bond acceptors (Lipinski definition) is 4. The summed E-state index contributed by atoms with van der Waals surface area (Å²) in [5.41, 5.74) is 3.09. The number of ether oxygens (including phenoxy) is 1. The molecule has 6 nitrogen and oxygen atoms in total. The van der Waals surface area contributed by atoms with Crippen molar-refractivity contribution in [2.24, 2.45) is 0 Å². The van der Waals surface area contributed by atoms with E-state index in [4.69, 9.17) is 4.74 Å². The predicted octanol–water partition coefficient (Wildman–Crippen LogP) is 4.27. The van der Waals surface area contributed by atoms with E-state index < -0.39 is 16.1 Å². The normalized spacial score (nSPS) is 12.5. The van der Waals surface area contributed by atoms with E-state index in [0.29, 0.717) is 23.5 Å². The molecule has 0 radical (unpaired) electrons. The fourth-order valence-corrected chi connectivity index (χ4v) is 4.24. The molecule has 0 aliphatic carbocycles. The lowest BCUT2D eigenvalue weighted by Gasteiger charge is -2.30. The van der Waals surface area contributed by atoms with Crippen LogP contribution in [0.5, 0.6) is 5.75 Å². The highest BCUT2D eigenvalue weighted by atomic mass is 32.2. The van der Waals surface area contributed by atoms with Crippen LogP contribution in [0.4, 0.5) is 11.4 Å². The molecule has 158 valence electrons. The minimum absolute atomic E-state index is 0.0567. The summed E-state index contributed by atoms with van der Waals surface area (Å²) in [6, 6.07) is 11.6. The molecule has 0 spiro atoms. The fourth-order valence-electron chi connectivity index (χ4n) is 3.04. The topological polar surface area (TPSA) is 75.7 Å². The number of hydrogen-bond donors (Lipinski definition) is 1. The van der Waals surface area contributed by atoms with Crippen molar-refractivity contribution < 1.29 is 17.9 Å². The van der Waals surface area contributed by atoms with Gasteiger partial charge < -0.3 is 10.1 Å². The SMILES string of the molecule is CCC(C(=O)Nc1ccc(OC(C)C)cc1)N(c1ccc(C)c(C)c1)S(C)(=O)=O. The number of nitrogens with one attached hydrogen (secondary N) is 1. The third kappa shape index (κ3) is 5.97. The molecule has 0 saturated carbocycles. The molecule has 0 saturated heterocycles. The van der Waals surface area contributed by atoms with Gasteiger partial charge in [-0.2, -0.15) is 0 Å². The van der Waals surface area contributed by atoms with Gasteiger partial charge in [0.15, 0.2) is 0 Å². The first-order chi connectivity index (χ1) is 13.5. The van der Waals surface area contributed by atoms with Crippen LogP contribution in [0, 0.1) is 13.8 Å². The first-order valence-electron chi connectivity index (χ1n) is 9.67. The van der Waals surface area contributed by atoms with E-state index in [1.807, 2.05) is 33.8 Å². The van der Waals surface area contributed by atoms with Gasteiger partial charge in [0.05, 0.1) is 18.0 Å². The van der Waals surface area contributed by atoms with Gasteiger partial charge >= 0.3 is 0 Å². The van der Waals surface area contributed by atoms with Crippen LogP contribution in [0.2, 0.25) is 0 Å². The van der Waals surface area contributed by atoms with E-state index >= 15 is 0 Å².